The molecular formula is C15H10O5. The highest BCUT2D eigenvalue weighted by atomic mass is 16.4. The molecule has 20 heavy (non-hydrogen) atoms. The van der Waals surface area contributed by atoms with Crippen molar-refractivity contribution in [1.29, 1.82) is 0 Å². The summed E-state index contributed by atoms with van der Waals surface area (Å²) in [6.45, 7) is 0. The fourth-order valence-electron chi connectivity index (χ4n) is 2.08. The molecule has 5 nitrogen and oxygen atoms in total. The summed E-state index contributed by atoms with van der Waals surface area (Å²) in [5.74, 6) is -0.275. The van der Waals surface area contributed by atoms with Crippen LogP contribution in [0.2, 0.25) is 0 Å². The van der Waals surface area contributed by atoms with Crippen LogP contribution in [0, 0.1) is 0 Å². The Kier molecular flexibility index (Phi) is 2.87. The Morgan fingerprint density at radius 2 is 2.00 bits per heavy atom. The van der Waals surface area contributed by atoms with Crippen molar-refractivity contribution in [3.05, 3.63) is 58.4 Å². The minimum Gasteiger partial charge on any atom is -0.481 e. The van der Waals surface area contributed by atoms with Gasteiger partial charge in [-0.2, -0.15) is 0 Å². The maximum Gasteiger partial charge on any atom is 0.307 e. The Labute approximate surface area is 113 Å². The molecule has 1 aromatic carbocycles. The van der Waals surface area contributed by atoms with Gasteiger partial charge in [0.05, 0.1) is 18.1 Å². The van der Waals surface area contributed by atoms with Crippen LogP contribution < -0.4 is 5.43 Å². The van der Waals surface area contributed by atoms with Crippen LogP contribution in [0.5, 0.6) is 0 Å². The predicted molar refractivity (Wildman–Crippen MR) is 71.5 cm³/mol. The van der Waals surface area contributed by atoms with Gasteiger partial charge in [0, 0.05) is 11.6 Å². The maximum atomic E-state index is 12.1. The summed E-state index contributed by atoms with van der Waals surface area (Å²) < 4.78 is 10.9. The van der Waals surface area contributed by atoms with Crippen molar-refractivity contribution in [1.82, 2.24) is 0 Å². The first-order valence-electron chi connectivity index (χ1n) is 5.96. The van der Waals surface area contributed by atoms with E-state index < -0.39 is 5.97 Å². The molecule has 2 heterocycles. The summed E-state index contributed by atoms with van der Waals surface area (Å²) in [5, 5.41) is 9.27. The van der Waals surface area contributed by atoms with E-state index in [2.05, 4.69) is 0 Å². The van der Waals surface area contributed by atoms with Gasteiger partial charge in [-0.3, -0.25) is 9.59 Å². The Morgan fingerprint density at radius 3 is 2.70 bits per heavy atom. The molecule has 0 aliphatic heterocycles. The lowest BCUT2D eigenvalue weighted by molar-refractivity contribution is -0.136. The summed E-state index contributed by atoms with van der Waals surface area (Å²) in [7, 11) is 0. The van der Waals surface area contributed by atoms with E-state index in [1.54, 1.807) is 30.3 Å². The molecule has 0 bridgehead atoms. The largest absolute Gasteiger partial charge is 0.481 e. The lowest BCUT2D eigenvalue weighted by atomic mass is 10.1. The van der Waals surface area contributed by atoms with Crippen molar-refractivity contribution < 1.29 is 18.7 Å². The van der Waals surface area contributed by atoms with Gasteiger partial charge in [0.2, 0.25) is 0 Å². The van der Waals surface area contributed by atoms with Gasteiger partial charge in [-0.1, -0.05) is 12.1 Å². The lowest BCUT2D eigenvalue weighted by Crippen LogP contribution is -2.05. The third kappa shape index (κ3) is 2.09. The zero-order valence-electron chi connectivity index (χ0n) is 10.3. The molecule has 0 amide bonds. The Balaban J connectivity index is 2.28. The second-order valence-electron chi connectivity index (χ2n) is 4.32. The molecule has 1 N–H and O–H groups in total. The molecule has 0 radical (unpaired) electrons. The first-order valence-corrected chi connectivity index (χ1v) is 5.96. The van der Waals surface area contributed by atoms with Gasteiger partial charge in [0.25, 0.3) is 0 Å². The Hall–Kier alpha value is -2.82. The second-order valence-corrected chi connectivity index (χ2v) is 4.32. The molecule has 100 valence electrons. The summed E-state index contributed by atoms with van der Waals surface area (Å²) in [6.07, 6.45) is 1.27. The highest BCUT2D eigenvalue weighted by molar-refractivity contribution is 5.84. The average molecular weight is 270 g/mol. The van der Waals surface area contributed by atoms with Crippen LogP contribution in [0.3, 0.4) is 0 Å². The molecule has 3 rings (SSSR count). The lowest BCUT2D eigenvalue weighted by Gasteiger charge is -2.04. The van der Waals surface area contributed by atoms with Crippen molar-refractivity contribution in [2.75, 3.05) is 0 Å². The molecule has 0 aliphatic rings. The van der Waals surface area contributed by atoms with Gasteiger partial charge in [0.15, 0.2) is 16.9 Å². The molecule has 0 aliphatic carbocycles. The van der Waals surface area contributed by atoms with Crippen LogP contribution in [0.4, 0.5) is 0 Å². The third-order valence-corrected chi connectivity index (χ3v) is 2.94. The molecule has 2 aromatic heterocycles. The van der Waals surface area contributed by atoms with Gasteiger partial charge < -0.3 is 13.9 Å². The third-order valence-electron chi connectivity index (χ3n) is 2.94. The molecule has 0 saturated heterocycles. The van der Waals surface area contributed by atoms with Crippen LogP contribution in [0.25, 0.3) is 22.5 Å². The number of para-hydroxylation sites is 1. The van der Waals surface area contributed by atoms with E-state index >= 15 is 0 Å². The zero-order chi connectivity index (χ0) is 14.1. The number of carboxylic acids is 1. The van der Waals surface area contributed by atoms with E-state index in [1.165, 1.54) is 12.3 Å². The number of hydrogen-bond donors (Lipinski definition) is 1. The van der Waals surface area contributed by atoms with Crippen LogP contribution in [-0.4, -0.2) is 11.1 Å². The van der Waals surface area contributed by atoms with Crippen molar-refractivity contribution in [2.45, 2.75) is 6.42 Å². The average Bonchev–Trinajstić information content (AvgIpc) is 2.93. The Bertz CT molecular complexity index is 827. The normalized spacial score (nSPS) is 10.8. The molecule has 5 heteroatoms. The predicted octanol–water partition coefficient (Wildman–Crippen LogP) is 2.68. The number of carbonyl (C=O) groups is 1. The number of carboxylic acid groups (broad SMARTS) is 1. The van der Waals surface area contributed by atoms with Crippen LogP contribution in [-0.2, 0) is 11.2 Å². The van der Waals surface area contributed by atoms with Crippen molar-refractivity contribution >= 4 is 16.9 Å². The summed E-state index contributed by atoms with van der Waals surface area (Å²) in [4.78, 5) is 23.0. The van der Waals surface area contributed by atoms with Crippen molar-refractivity contribution in [3.63, 3.8) is 0 Å². The molecule has 0 fully saturated rings. The van der Waals surface area contributed by atoms with Gasteiger partial charge in [-0.15, -0.1) is 0 Å². The van der Waals surface area contributed by atoms with E-state index in [4.69, 9.17) is 13.9 Å². The number of fused-ring (bicyclic) bond motifs is 1. The standard InChI is InChI=1S/C15H10O5/c16-11-8-13(12-5-2-6-19-12)20-15-9(7-14(17)18)3-1-4-10(11)15/h1-6,8H,7H2,(H,17,18). The van der Waals surface area contributed by atoms with Crippen molar-refractivity contribution in [3.8, 4) is 11.5 Å². The monoisotopic (exact) mass is 270 g/mol. The number of hydrogen-bond acceptors (Lipinski definition) is 4. The summed E-state index contributed by atoms with van der Waals surface area (Å²) in [6, 6.07) is 9.58. The van der Waals surface area contributed by atoms with Crippen LogP contribution in [0.1, 0.15) is 5.56 Å². The van der Waals surface area contributed by atoms with Crippen LogP contribution >= 0.6 is 0 Å². The number of benzene rings is 1. The molecule has 0 unspecified atom stereocenters. The van der Waals surface area contributed by atoms with Crippen molar-refractivity contribution in [2.24, 2.45) is 0 Å². The highest BCUT2D eigenvalue weighted by Gasteiger charge is 2.13. The minimum atomic E-state index is -0.983. The minimum absolute atomic E-state index is 0.206. The van der Waals surface area contributed by atoms with Gasteiger partial charge in [-0.05, 0) is 18.2 Å². The SMILES string of the molecule is O=C(O)Cc1cccc2c(=O)cc(-c3ccco3)oc12. The van der Waals surface area contributed by atoms with Gasteiger partial charge in [-0.25, -0.2) is 0 Å². The van der Waals surface area contributed by atoms with E-state index in [1.807, 2.05) is 0 Å². The fourth-order valence-corrected chi connectivity index (χ4v) is 2.08. The fraction of sp³-hybridized carbons (Fsp3) is 0.0667. The summed E-state index contributed by atoms with van der Waals surface area (Å²) in [5.41, 5.74) is 0.513. The van der Waals surface area contributed by atoms with E-state index in [0.29, 0.717) is 16.7 Å². The number of aliphatic carboxylic acids is 1. The quantitative estimate of drug-likeness (QED) is 0.791. The summed E-state index contributed by atoms with van der Waals surface area (Å²) >= 11 is 0. The molecule has 0 saturated carbocycles. The molecule has 0 atom stereocenters. The van der Waals surface area contributed by atoms with Crippen LogP contribution in [0.15, 0.2) is 56.3 Å². The van der Waals surface area contributed by atoms with E-state index in [9.17, 15) is 9.59 Å². The van der Waals surface area contributed by atoms with Gasteiger partial charge >= 0.3 is 5.97 Å². The van der Waals surface area contributed by atoms with E-state index in [0.717, 1.165) is 0 Å². The second kappa shape index (κ2) is 4.70. The van der Waals surface area contributed by atoms with Gasteiger partial charge in [0.1, 0.15) is 5.58 Å². The topological polar surface area (TPSA) is 80.6 Å². The zero-order valence-corrected chi connectivity index (χ0v) is 10.3. The molecular weight excluding hydrogens is 260 g/mol. The Morgan fingerprint density at radius 1 is 1.15 bits per heavy atom. The first kappa shape index (κ1) is 12.2. The highest BCUT2D eigenvalue weighted by Crippen LogP contribution is 2.24. The molecule has 3 aromatic rings. The maximum absolute atomic E-state index is 12.1. The smallest absolute Gasteiger partial charge is 0.307 e. The van der Waals surface area contributed by atoms with E-state index in [-0.39, 0.29) is 23.2 Å². The first-order chi connectivity index (χ1) is 9.65. The number of rotatable bonds is 3. The molecule has 0 spiro atoms. The number of furan rings is 1.